The maximum atomic E-state index is 11.4. The summed E-state index contributed by atoms with van der Waals surface area (Å²) in [5.41, 5.74) is 0. The number of aliphatic hydroxyl groups is 1. The molecule has 2 bridgehead atoms. The van der Waals surface area contributed by atoms with Crippen molar-refractivity contribution in [3.8, 4) is 0 Å². The van der Waals surface area contributed by atoms with E-state index in [1.807, 2.05) is 0 Å². The topological polar surface area (TPSA) is 46.5 Å². The standard InChI is InChI=1S/C10H16O3/c1-13-10(12)8-4-6-2-3-7(8)9(11)5-6/h6-9,11H,2-5H2,1H3/t6?,7?,8-,9-/m0/s1. The van der Waals surface area contributed by atoms with Gasteiger partial charge in [0.05, 0.1) is 19.1 Å². The number of hydrogen-bond donors (Lipinski definition) is 1. The summed E-state index contributed by atoms with van der Waals surface area (Å²) in [5, 5.41) is 9.71. The van der Waals surface area contributed by atoms with Crippen LogP contribution in [0.25, 0.3) is 0 Å². The van der Waals surface area contributed by atoms with Crippen molar-refractivity contribution in [2.45, 2.75) is 31.8 Å². The van der Waals surface area contributed by atoms with E-state index in [0.717, 1.165) is 19.3 Å². The van der Waals surface area contributed by atoms with Crippen molar-refractivity contribution in [2.75, 3.05) is 7.11 Å². The highest BCUT2D eigenvalue weighted by molar-refractivity contribution is 5.73. The molecule has 3 aliphatic rings. The molecule has 0 aromatic carbocycles. The third kappa shape index (κ3) is 1.46. The van der Waals surface area contributed by atoms with Gasteiger partial charge in [-0.05, 0) is 37.5 Å². The minimum absolute atomic E-state index is 0.0347. The average molecular weight is 184 g/mol. The molecular weight excluding hydrogens is 168 g/mol. The molecule has 13 heavy (non-hydrogen) atoms. The van der Waals surface area contributed by atoms with Crippen molar-refractivity contribution in [3.05, 3.63) is 0 Å². The summed E-state index contributed by atoms with van der Waals surface area (Å²) in [6.07, 6.45) is 3.71. The minimum atomic E-state index is -0.267. The number of hydrogen-bond acceptors (Lipinski definition) is 3. The van der Waals surface area contributed by atoms with Crippen LogP contribution < -0.4 is 0 Å². The fourth-order valence-corrected chi connectivity index (χ4v) is 2.89. The second-order valence-electron chi connectivity index (χ2n) is 4.28. The first-order valence-electron chi connectivity index (χ1n) is 4.98. The average Bonchev–Trinajstić information content (AvgIpc) is 2.17. The zero-order valence-corrected chi connectivity index (χ0v) is 7.90. The Morgan fingerprint density at radius 1 is 1.38 bits per heavy atom. The lowest BCUT2D eigenvalue weighted by Gasteiger charge is -2.44. The van der Waals surface area contributed by atoms with Crippen LogP contribution in [0.15, 0.2) is 0 Å². The predicted octanol–water partition coefficient (Wildman–Crippen LogP) is 0.956. The Balaban J connectivity index is 2.10. The summed E-state index contributed by atoms with van der Waals surface area (Å²) in [7, 11) is 1.43. The van der Waals surface area contributed by atoms with Crippen LogP contribution in [-0.2, 0) is 9.53 Å². The number of ether oxygens (including phenoxy) is 1. The van der Waals surface area contributed by atoms with Crippen molar-refractivity contribution in [1.82, 2.24) is 0 Å². The molecule has 3 aliphatic carbocycles. The van der Waals surface area contributed by atoms with Gasteiger partial charge < -0.3 is 9.84 Å². The van der Waals surface area contributed by atoms with Crippen LogP contribution in [0.3, 0.4) is 0 Å². The molecule has 0 aromatic rings. The highest BCUT2D eigenvalue weighted by atomic mass is 16.5. The van der Waals surface area contributed by atoms with E-state index in [1.165, 1.54) is 13.5 Å². The van der Waals surface area contributed by atoms with Gasteiger partial charge in [-0.1, -0.05) is 0 Å². The first-order chi connectivity index (χ1) is 6.22. The van der Waals surface area contributed by atoms with Gasteiger partial charge in [0, 0.05) is 0 Å². The molecule has 3 fully saturated rings. The van der Waals surface area contributed by atoms with E-state index in [0.29, 0.717) is 5.92 Å². The smallest absolute Gasteiger partial charge is 0.309 e. The molecule has 0 heterocycles. The van der Waals surface area contributed by atoms with E-state index >= 15 is 0 Å². The van der Waals surface area contributed by atoms with Gasteiger partial charge in [-0.25, -0.2) is 0 Å². The molecule has 3 nitrogen and oxygen atoms in total. The number of carbonyl (C=O) groups is 1. The molecule has 0 aliphatic heterocycles. The third-order valence-electron chi connectivity index (χ3n) is 3.59. The highest BCUT2D eigenvalue weighted by Crippen LogP contribution is 2.45. The van der Waals surface area contributed by atoms with E-state index in [4.69, 9.17) is 4.74 Å². The van der Waals surface area contributed by atoms with E-state index in [9.17, 15) is 9.90 Å². The molecule has 0 amide bonds. The monoisotopic (exact) mass is 184 g/mol. The van der Waals surface area contributed by atoms with Gasteiger partial charge in [0.1, 0.15) is 0 Å². The van der Waals surface area contributed by atoms with Crippen LogP contribution in [0.4, 0.5) is 0 Å². The molecule has 3 heteroatoms. The summed E-state index contributed by atoms with van der Waals surface area (Å²) < 4.78 is 4.74. The fraction of sp³-hybridized carbons (Fsp3) is 0.900. The molecule has 0 aromatic heterocycles. The number of aliphatic hydroxyl groups excluding tert-OH is 1. The van der Waals surface area contributed by atoms with Gasteiger partial charge in [-0.15, -0.1) is 0 Å². The zero-order chi connectivity index (χ0) is 9.42. The Bertz CT molecular complexity index is 214. The maximum absolute atomic E-state index is 11.4. The quantitative estimate of drug-likeness (QED) is 0.617. The highest BCUT2D eigenvalue weighted by Gasteiger charge is 2.44. The van der Waals surface area contributed by atoms with Crippen LogP contribution in [-0.4, -0.2) is 24.3 Å². The molecule has 1 N–H and O–H groups in total. The summed E-state index contributed by atoms with van der Waals surface area (Å²) >= 11 is 0. The van der Waals surface area contributed by atoms with Crippen LogP contribution in [0.2, 0.25) is 0 Å². The number of esters is 1. The number of fused-ring (bicyclic) bond motifs is 3. The predicted molar refractivity (Wildman–Crippen MR) is 47.0 cm³/mol. The molecule has 0 saturated heterocycles. The first-order valence-corrected chi connectivity index (χ1v) is 4.98. The Kier molecular flexibility index (Phi) is 2.28. The molecular formula is C10H16O3. The summed E-state index contributed by atoms with van der Waals surface area (Å²) in [6, 6.07) is 0. The van der Waals surface area contributed by atoms with Crippen molar-refractivity contribution >= 4 is 5.97 Å². The fourth-order valence-electron chi connectivity index (χ4n) is 2.89. The minimum Gasteiger partial charge on any atom is -0.469 e. The lowest BCUT2D eigenvalue weighted by atomic mass is 9.63. The Hall–Kier alpha value is -0.570. The van der Waals surface area contributed by atoms with Crippen molar-refractivity contribution in [1.29, 1.82) is 0 Å². The molecule has 74 valence electrons. The Labute approximate surface area is 78.1 Å². The van der Waals surface area contributed by atoms with E-state index in [-0.39, 0.29) is 23.9 Å². The van der Waals surface area contributed by atoms with Crippen molar-refractivity contribution in [2.24, 2.45) is 17.8 Å². The van der Waals surface area contributed by atoms with Crippen molar-refractivity contribution < 1.29 is 14.6 Å². The zero-order valence-electron chi connectivity index (χ0n) is 7.90. The van der Waals surface area contributed by atoms with Crippen LogP contribution in [0.1, 0.15) is 25.7 Å². The summed E-state index contributed by atoms with van der Waals surface area (Å²) in [4.78, 5) is 11.4. The maximum Gasteiger partial charge on any atom is 0.309 e. The van der Waals surface area contributed by atoms with Crippen LogP contribution >= 0.6 is 0 Å². The van der Waals surface area contributed by atoms with Crippen LogP contribution in [0, 0.1) is 17.8 Å². The molecule has 3 rings (SSSR count). The normalized spacial score (nSPS) is 43.2. The molecule has 2 unspecified atom stereocenters. The lowest BCUT2D eigenvalue weighted by Crippen LogP contribution is -2.44. The molecule has 0 radical (unpaired) electrons. The van der Waals surface area contributed by atoms with E-state index in [2.05, 4.69) is 0 Å². The summed E-state index contributed by atoms with van der Waals surface area (Å²) in [5.74, 6) is 0.544. The van der Waals surface area contributed by atoms with Gasteiger partial charge in [0.2, 0.25) is 0 Å². The summed E-state index contributed by atoms with van der Waals surface area (Å²) in [6.45, 7) is 0. The Morgan fingerprint density at radius 3 is 2.69 bits per heavy atom. The lowest BCUT2D eigenvalue weighted by molar-refractivity contribution is -0.156. The largest absolute Gasteiger partial charge is 0.469 e. The number of methoxy groups -OCH3 is 1. The Morgan fingerprint density at radius 2 is 2.15 bits per heavy atom. The van der Waals surface area contributed by atoms with Gasteiger partial charge in [0.15, 0.2) is 0 Å². The SMILES string of the molecule is COC(=O)[C@H]1CC2CCC1[C@@H](O)C2. The number of rotatable bonds is 1. The van der Waals surface area contributed by atoms with Gasteiger partial charge in [-0.2, -0.15) is 0 Å². The van der Waals surface area contributed by atoms with Gasteiger partial charge in [0.25, 0.3) is 0 Å². The van der Waals surface area contributed by atoms with E-state index < -0.39 is 0 Å². The van der Waals surface area contributed by atoms with Gasteiger partial charge in [-0.3, -0.25) is 4.79 Å². The second kappa shape index (κ2) is 3.29. The van der Waals surface area contributed by atoms with E-state index in [1.54, 1.807) is 0 Å². The molecule has 3 saturated carbocycles. The van der Waals surface area contributed by atoms with Gasteiger partial charge >= 0.3 is 5.97 Å². The molecule has 0 spiro atoms. The van der Waals surface area contributed by atoms with Crippen molar-refractivity contribution in [3.63, 3.8) is 0 Å². The molecule has 4 atom stereocenters. The number of carbonyl (C=O) groups excluding carboxylic acids is 1. The first kappa shape index (κ1) is 9.00. The second-order valence-corrected chi connectivity index (χ2v) is 4.28. The van der Waals surface area contributed by atoms with Crippen LogP contribution in [0.5, 0.6) is 0 Å². The third-order valence-corrected chi connectivity index (χ3v) is 3.59.